The normalized spacial score (nSPS) is 15.7. The number of fused-ring (bicyclic) bond motifs is 1. The zero-order chi connectivity index (χ0) is 33.4. The number of furan rings is 1. The Bertz CT molecular complexity index is 1850. The van der Waals surface area contributed by atoms with Gasteiger partial charge in [-0.25, -0.2) is 4.98 Å². The van der Waals surface area contributed by atoms with Crippen LogP contribution in [0.25, 0.3) is 22.4 Å². The fourth-order valence-electron chi connectivity index (χ4n) is 5.58. The number of aryl methyl sites for hydroxylation is 1. The number of nitrogens with two attached hydrogens (primary N) is 1. The van der Waals surface area contributed by atoms with Crippen molar-refractivity contribution in [2.75, 3.05) is 20.2 Å². The van der Waals surface area contributed by atoms with E-state index in [2.05, 4.69) is 25.8 Å². The van der Waals surface area contributed by atoms with Crippen LogP contribution in [0, 0.1) is 6.92 Å². The number of hydrogen-bond donors (Lipinski definition) is 1. The van der Waals surface area contributed by atoms with Crippen molar-refractivity contribution in [2.24, 2.45) is 10.7 Å². The Hall–Kier alpha value is -4.63. The molecule has 1 saturated heterocycles. The van der Waals surface area contributed by atoms with Crippen molar-refractivity contribution >= 4 is 40.7 Å². The van der Waals surface area contributed by atoms with Gasteiger partial charge in [0.15, 0.2) is 11.3 Å². The van der Waals surface area contributed by atoms with Gasteiger partial charge in [-0.1, -0.05) is 50.6 Å². The van der Waals surface area contributed by atoms with Crippen LogP contribution in [0.3, 0.4) is 0 Å². The van der Waals surface area contributed by atoms with Crippen molar-refractivity contribution in [3.05, 3.63) is 94.0 Å². The number of hydrogen-bond acceptors (Lipinski definition) is 7. The molecule has 3 heterocycles. The number of benzene rings is 2. The molecule has 2 aromatic carbocycles. The van der Waals surface area contributed by atoms with Crippen LogP contribution in [0.4, 0.5) is 0 Å². The van der Waals surface area contributed by atoms with Crippen molar-refractivity contribution in [3.8, 4) is 17.0 Å². The zero-order valence-electron chi connectivity index (χ0n) is 27.3. The number of carbonyl (C=O) groups is 2. The minimum atomic E-state index is -1.18. The predicted molar refractivity (Wildman–Crippen MR) is 182 cm³/mol. The van der Waals surface area contributed by atoms with E-state index in [1.807, 2.05) is 55.5 Å². The number of halogens is 1. The number of pyridine rings is 1. The van der Waals surface area contributed by atoms with Gasteiger partial charge >= 0.3 is 0 Å². The first-order chi connectivity index (χ1) is 21.7. The lowest BCUT2D eigenvalue weighted by molar-refractivity contribution is -0.143. The number of nitrogens with zero attached hydrogens (tertiary/aromatic N) is 4. The van der Waals surface area contributed by atoms with Crippen molar-refractivity contribution in [2.45, 2.75) is 59.0 Å². The summed E-state index contributed by atoms with van der Waals surface area (Å²) in [6, 6.07) is 17.1. The largest absolute Gasteiger partial charge is 0.497 e. The highest BCUT2D eigenvalue weighted by Crippen LogP contribution is 2.36. The molecule has 1 fully saturated rings. The second-order valence-electron chi connectivity index (χ2n) is 13.0. The van der Waals surface area contributed by atoms with Crippen LogP contribution in [0.2, 0.25) is 5.02 Å². The van der Waals surface area contributed by atoms with Crippen molar-refractivity contribution in [1.82, 2.24) is 14.8 Å². The van der Waals surface area contributed by atoms with Crippen LogP contribution in [-0.4, -0.2) is 58.6 Å². The van der Waals surface area contributed by atoms with E-state index in [4.69, 9.17) is 31.5 Å². The van der Waals surface area contributed by atoms with E-state index in [0.717, 1.165) is 33.7 Å². The Morgan fingerprint density at radius 3 is 2.48 bits per heavy atom. The van der Waals surface area contributed by atoms with E-state index >= 15 is 0 Å². The van der Waals surface area contributed by atoms with E-state index in [9.17, 15) is 9.59 Å². The molecule has 9 nitrogen and oxygen atoms in total. The maximum Gasteiger partial charge on any atom is 0.290 e. The van der Waals surface area contributed by atoms with Gasteiger partial charge in [-0.05, 0) is 67.6 Å². The summed E-state index contributed by atoms with van der Waals surface area (Å²) in [7, 11) is 1.62. The molecule has 240 valence electrons. The lowest BCUT2D eigenvalue weighted by Gasteiger charge is -2.45. The standard InChI is InChI=1S/C36H40ClN5O4/c1-22-16-24(10-13-28(22)37)29-17-27(35(2,3)4)32-30(40-29)18-31(46-32)33(43)42-15-14-41(34(44)36(42,5)6)25(19-38)21-39-20-23-8-11-26(45-7)12-9-23/h8-13,16-19,21H,14-15,20,38H2,1-7H3. The number of carbonyl (C=O) groups excluding carboxylic acids is 2. The Labute approximate surface area is 274 Å². The minimum Gasteiger partial charge on any atom is -0.497 e. The summed E-state index contributed by atoms with van der Waals surface area (Å²) in [6.07, 6.45) is 2.95. The molecule has 10 heteroatoms. The van der Waals surface area contributed by atoms with Gasteiger partial charge in [-0.3, -0.25) is 14.6 Å². The van der Waals surface area contributed by atoms with E-state index in [1.165, 1.54) is 6.20 Å². The average molecular weight is 642 g/mol. The molecule has 46 heavy (non-hydrogen) atoms. The highest BCUT2D eigenvalue weighted by atomic mass is 35.5. The molecule has 4 aromatic rings. The average Bonchev–Trinajstić information content (AvgIpc) is 3.45. The first-order valence-corrected chi connectivity index (χ1v) is 15.5. The smallest absolute Gasteiger partial charge is 0.290 e. The van der Waals surface area contributed by atoms with Crippen LogP contribution in [-0.2, 0) is 16.8 Å². The first-order valence-electron chi connectivity index (χ1n) is 15.1. The fraction of sp³-hybridized carbons (Fsp3) is 0.333. The van der Waals surface area contributed by atoms with Gasteiger partial charge in [-0.15, -0.1) is 0 Å². The minimum absolute atomic E-state index is 0.127. The molecule has 0 unspecified atom stereocenters. The third-order valence-electron chi connectivity index (χ3n) is 8.33. The van der Waals surface area contributed by atoms with Crippen LogP contribution in [0.1, 0.15) is 61.9 Å². The van der Waals surface area contributed by atoms with E-state index in [1.54, 1.807) is 43.0 Å². The van der Waals surface area contributed by atoms with E-state index in [0.29, 0.717) is 28.4 Å². The van der Waals surface area contributed by atoms with Gasteiger partial charge in [0.05, 0.1) is 25.0 Å². The molecule has 2 aromatic heterocycles. The molecule has 0 atom stereocenters. The first kappa shape index (κ1) is 32.8. The highest BCUT2D eigenvalue weighted by Gasteiger charge is 2.46. The molecule has 0 aliphatic carbocycles. The van der Waals surface area contributed by atoms with Gasteiger partial charge in [-0.2, -0.15) is 0 Å². The molecule has 0 spiro atoms. The second-order valence-corrected chi connectivity index (χ2v) is 13.4. The molecule has 1 aliphatic rings. The number of amides is 2. The van der Waals surface area contributed by atoms with Crippen molar-refractivity contribution in [1.29, 1.82) is 0 Å². The molecule has 0 saturated carbocycles. The van der Waals surface area contributed by atoms with E-state index < -0.39 is 5.54 Å². The number of allylic oxidation sites excluding steroid dienone is 1. The summed E-state index contributed by atoms with van der Waals surface area (Å²) in [6.45, 7) is 12.6. The van der Waals surface area contributed by atoms with Crippen LogP contribution in [0.15, 0.2) is 75.9 Å². The molecule has 2 N–H and O–H groups in total. The number of methoxy groups -OCH3 is 1. The number of ether oxygens (including phenoxy) is 1. The summed E-state index contributed by atoms with van der Waals surface area (Å²) in [5, 5.41) is 0.684. The zero-order valence-corrected chi connectivity index (χ0v) is 28.1. The van der Waals surface area contributed by atoms with Gasteiger partial charge < -0.3 is 24.7 Å². The monoisotopic (exact) mass is 641 g/mol. The summed E-state index contributed by atoms with van der Waals surface area (Å²) in [4.78, 5) is 40.3. The lowest BCUT2D eigenvalue weighted by atomic mass is 9.86. The van der Waals surface area contributed by atoms with Gasteiger partial charge in [0.2, 0.25) is 0 Å². The van der Waals surface area contributed by atoms with Crippen LogP contribution < -0.4 is 10.5 Å². The lowest BCUT2D eigenvalue weighted by Crippen LogP contribution is -2.64. The SMILES string of the molecule is COc1ccc(CN=CC(=CN)N2CCN(C(=O)c3cc4nc(-c5ccc(Cl)c(C)c5)cc(C(C)(C)C)c4o3)C(C)(C)C2=O)cc1. The molecule has 0 bridgehead atoms. The Balaban J connectivity index is 1.39. The maximum absolute atomic E-state index is 14.0. The molecular formula is C36H40ClN5O4. The fourth-order valence-corrected chi connectivity index (χ4v) is 5.69. The second kappa shape index (κ2) is 12.6. The maximum atomic E-state index is 14.0. The summed E-state index contributed by atoms with van der Waals surface area (Å²) in [5.41, 5.74) is 10.6. The third-order valence-corrected chi connectivity index (χ3v) is 8.75. The molecule has 2 amide bonds. The van der Waals surface area contributed by atoms with Gasteiger partial charge in [0.25, 0.3) is 11.8 Å². The van der Waals surface area contributed by atoms with Gasteiger partial charge in [0.1, 0.15) is 16.8 Å². The molecule has 0 radical (unpaired) electrons. The third kappa shape index (κ3) is 6.37. The number of piperazine rings is 1. The molecular weight excluding hydrogens is 602 g/mol. The summed E-state index contributed by atoms with van der Waals surface area (Å²) in [5.74, 6) is 0.236. The Morgan fingerprint density at radius 2 is 1.85 bits per heavy atom. The van der Waals surface area contributed by atoms with Crippen molar-refractivity contribution < 1.29 is 18.7 Å². The quantitative estimate of drug-likeness (QED) is 0.220. The summed E-state index contributed by atoms with van der Waals surface area (Å²) < 4.78 is 11.5. The number of aromatic nitrogens is 1. The molecule has 5 rings (SSSR count). The molecule has 1 aliphatic heterocycles. The van der Waals surface area contributed by atoms with Crippen LogP contribution >= 0.6 is 11.6 Å². The van der Waals surface area contributed by atoms with Gasteiger partial charge in [0, 0.05) is 47.7 Å². The highest BCUT2D eigenvalue weighted by molar-refractivity contribution is 6.31. The van der Waals surface area contributed by atoms with E-state index in [-0.39, 0.29) is 36.1 Å². The summed E-state index contributed by atoms with van der Waals surface area (Å²) >= 11 is 6.28. The van der Waals surface area contributed by atoms with Crippen molar-refractivity contribution in [3.63, 3.8) is 0 Å². The Kier molecular flexibility index (Phi) is 9.00. The number of rotatable bonds is 7. The number of aliphatic imine (C=N–C) groups is 1. The topological polar surface area (TPSA) is 114 Å². The Morgan fingerprint density at radius 1 is 1.13 bits per heavy atom. The van der Waals surface area contributed by atoms with Crippen LogP contribution in [0.5, 0.6) is 5.75 Å². The predicted octanol–water partition coefficient (Wildman–Crippen LogP) is 6.90.